The van der Waals surface area contributed by atoms with Crippen LogP contribution in [0, 0.1) is 0 Å². The highest BCUT2D eigenvalue weighted by Gasteiger charge is 2.13. The van der Waals surface area contributed by atoms with Gasteiger partial charge in [-0.2, -0.15) is 0 Å². The molecule has 0 aliphatic heterocycles. The van der Waals surface area contributed by atoms with E-state index in [1.807, 2.05) is 26.2 Å². The smallest absolute Gasteiger partial charge is 0.262 e. The van der Waals surface area contributed by atoms with Crippen molar-refractivity contribution in [1.82, 2.24) is 5.43 Å². The van der Waals surface area contributed by atoms with E-state index in [4.69, 9.17) is 15.3 Å². The Hall–Kier alpha value is -0.650. The molecule has 0 radical (unpaired) electrons. The van der Waals surface area contributed by atoms with Crippen LogP contribution in [-0.2, 0) is 14.3 Å². The molecule has 0 saturated heterocycles. The van der Waals surface area contributed by atoms with Crippen LogP contribution in [0.25, 0.3) is 0 Å². The number of nitrogens with one attached hydrogen (secondary N) is 1. The van der Waals surface area contributed by atoms with Gasteiger partial charge in [-0.05, 0) is 27.7 Å². The number of hydrogen-bond acceptors (Lipinski definition) is 4. The summed E-state index contributed by atoms with van der Waals surface area (Å²) >= 11 is 0. The van der Waals surface area contributed by atoms with Gasteiger partial charge in [0, 0.05) is 0 Å². The van der Waals surface area contributed by atoms with Crippen LogP contribution in [0.2, 0.25) is 0 Å². The van der Waals surface area contributed by atoms with Crippen molar-refractivity contribution in [2.24, 2.45) is 5.84 Å². The monoisotopic (exact) mass is 204 g/mol. The topological polar surface area (TPSA) is 73.6 Å². The normalized spacial score (nSPS) is 13.8. The first kappa shape index (κ1) is 13.4. The molecule has 0 rings (SSSR count). The molecule has 0 aliphatic carbocycles. The van der Waals surface area contributed by atoms with Crippen molar-refractivity contribution < 1.29 is 14.3 Å². The second-order valence-electron chi connectivity index (χ2n) is 3.98. The zero-order valence-electron chi connectivity index (χ0n) is 9.29. The van der Waals surface area contributed by atoms with Crippen LogP contribution in [-0.4, -0.2) is 30.8 Å². The average molecular weight is 204 g/mol. The summed E-state index contributed by atoms with van der Waals surface area (Å²) in [5.41, 5.74) is 1.84. The maximum atomic E-state index is 10.9. The Morgan fingerprint density at radius 1 is 1.43 bits per heavy atom. The minimum absolute atomic E-state index is 0.178. The number of hydrogen-bond donors (Lipinski definition) is 2. The molecule has 5 nitrogen and oxygen atoms in total. The van der Waals surface area contributed by atoms with Gasteiger partial charge in [0.2, 0.25) is 0 Å². The van der Waals surface area contributed by atoms with Crippen molar-refractivity contribution in [3.63, 3.8) is 0 Å². The molecule has 0 fully saturated rings. The van der Waals surface area contributed by atoms with E-state index in [1.165, 1.54) is 0 Å². The number of carbonyl (C=O) groups excluding carboxylic acids is 1. The summed E-state index contributed by atoms with van der Waals surface area (Å²) in [6.07, 6.45) is -0.538. The molecule has 0 spiro atoms. The maximum absolute atomic E-state index is 10.9. The van der Waals surface area contributed by atoms with Gasteiger partial charge < -0.3 is 9.47 Å². The van der Waals surface area contributed by atoms with Gasteiger partial charge in [-0.3, -0.25) is 10.2 Å². The van der Waals surface area contributed by atoms with Crippen molar-refractivity contribution >= 4 is 5.91 Å². The van der Waals surface area contributed by atoms with E-state index in [0.717, 1.165) is 0 Å². The van der Waals surface area contributed by atoms with Gasteiger partial charge in [-0.1, -0.05) is 0 Å². The SMILES string of the molecule is CC(OCCOC(C)(C)C)C(=O)NN. The minimum Gasteiger partial charge on any atom is -0.373 e. The Balaban J connectivity index is 3.50. The van der Waals surface area contributed by atoms with Crippen LogP contribution in [0.5, 0.6) is 0 Å². The molecular formula is C9H20N2O3. The lowest BCUT2D eigenvalue weighted by atomic mass is 10.2. The zero-order valence-corrected chi connectivity index (χ0v) is 9.29. The number of nitrogens with two attached hydrogens (primary N) is 1. The Bertz CT molecular complexity index is 177. The van der Waals surface area contributed by atoms with Crippen LogP contribution in [0.15, 0.2) is 0 Å². The fourth-order valence-corrected chi connectivity index (χ4v) is 0.766. The molecule has 84 valence electrons. The van der Waals surface area contributed by atoms with Gasteiger partial charge in [-0.15, -0.1) is 0 Å². The van der Waals surface area contributed by atoms with Gasteiger partial charge >= 0.3 is 0 Å². The Morgan fingerprint density at radius 3 is 2.43 bits per heavy atom. The first-order chi connectivity index (χ1) is 6.37. The summed E-state index contributed by atoms with van der Waals surface area (Å²) in [5, 5.41) is 0. The molecule has 5 heteroatoms. The van der Waals surface area contributed by atoms with E-state index in [0.29, 0.717) is 13.2 Å². The predicted octanol–water partition coefficient (Wildman–Crippen LogP) is 0.197. The lowest BCUT2D eigenvalue weighted by Crippen LogP contribution is -2.39. The summed E-state index contributed by atoms with van der Waals surface area (Å²) in [6.45, 7) is 8.37. The lowest BCUT2D eigenvalue weighted by Gasteiger charge is -2.20. The third-order valence-electron chi connectivity index (χ3n) is 1.50. The van der Waals surface area contributed by atoms with E-state index in [2.05, 4.69) is 0 Å². The van der Waals surface area contributed by atoms with Crippen molar-refractivity contribution in [1.29, 1.82) is 0 Å². The quantitative estimate of drug-likeness (QED) is 0.290. The highest BCUT2D eigenvalue weighted by molar-refractivity contribution is 5.79. The fourth-order valence-electron chi connectivity index (χ4n) is 0.766. The second-order valence-corrected chi connectivity index (χ2v) is 3.98. The Kier molecular flexibility index (Phi) is 5.68. The molecule has 0 aliphatic rings. The van der Waals surface area contributed by atoms with Crippen molar-refractivity contribution in [2.45, 2.75) is 39.4 Å². The van der Waals surface area contributed by atoms with Gasteiger partial charge in [0.1, 0.15) is 6.10 Å². The molecule has 0 bridgehead atoms. The molecule has 0 aromatic heterocycles. The summed E-state index contributed by atoms with van der Waals surface area (Å²) < 4.78 is 10.6. The highest BCUT2D eigenvalue weighted by atomic mass is 16.5. The van der Waals surface area contributed by atoms with Crippen LogP contribution in [0.3, 0.4) is 0 Å². The molecular weight excluding hydrogens is 184 g/mol. The largest absolute Gasteiger partial charge is 0.373 e. The van der Waals surface area contributed by atoms with E-state index in [9.17, 15) is 4.79 Å². The fraction of sp³-hybridized carbons (Fsp3) is 0.889. The number of amides is 1. The molecule has 3 N–H and O–H groups in total. The second kappa shape index (κ2) is 5.95. The summed E-state index contributed by atoms with van der Waals surface area (Å²) in [4.78, 5) is 10.9. The number of hydrazine groups is 1. The summed E-state index contributed by atoms with van der Waals surface area (Å²) in [6, 6.07) is 0. The number of rotatable bonds is 5. The highest BCUT2D eigenvalue weighted by Crippen LogP contribution is 2.05. The first-order valence-electron chi connectivity index (χ1n) is 4.63. The maximum Gasteiger partial charge on any atom is 0.262 e. The standard InChI is InChI=1S/C9H20N2O3/c1-7(8(12)11-10)13-5-6-14-9(2,3)4/h7H,5-6,10H2,1-4H3,(H,11,12). The molecule has 14 heavy (non-hydrogen) atoms. The van der Waals surface area contributed by atoms with Crippen molar-refractivity contribution in [3.05, 3.63) is 0 Å². The average Bonchev–Trinajstić information content (AvgIpc) is 2.09. The third kappa shape index (κ3) is 6.82. The molecule has 1 amide bonds. The summed E-state index contributed by atoms with van der Waals surface area (Å²) in [5.74, 6) is 4.60. The van der Waals surface area contributed by atoms with Crippen LogP contribution < -0.4 is 11.3 Å². The molecule has 0 heterocycles. The zero-order chi connectivity index (χ0) is 11.2. The van der Waals surface area contributed by atoms with E-state index < -0.39 is 6.10 Å². The number of carbonyl (C=O) groups is 1. The minimum atomic E-state index is -0.538. The lowest BCUT2D eigenvalue weighted by molar-refractivity contribution is -0.133. The van der Waals surface area contributed by atoms with Gasteiger partial charge in [0.15, 0.2) is 0 Å². The van der Waals surface area contributed by atoms with Gasteiger partial charge in [0.05, 0.1) is 18.8 Å². The van der Waals surface area contributed by atoms with E-state index in [1.54, 1.807) is 6.92 Å². The predicted molar refractivity (Wildman–Crippen MR) is 53.4 cm³/mol. The molecule has 0 aromatic carbocycles. The van der Waals surface area contributed by atoms with Crippen molar-refractivity contribution in [2.75, 3.05) is 13.2 Å². The Labute approximate surface area is 84.9 Å². The van der Waals surface area contributed by atoms with Gasteiger partial charge in [-0.25, -0.2) is 5.84 Å². The molecule has 0 aromatic rings. The van der Waals surface area contributed by atoms with Crippen LogP contribution >= 0.6 is 0 Å². The van der Waals surface area contributed by atoms with Crippen LogP contribution in [0.1, 0.15) is 27.7 Å². The summed E-state index contributed by atoms with van der Waals surface area (Å²) in [7, 11) is 0. The van der Waals surface area contributed by atoms with E-state index >= 15 is 0 Å². The Morgan fingerprint density at radius 2 is 2.00 bits per heavy atom. The molecule has 1 unspecified atom stereocenters. The van der Waals surface area contributed by atoms with Crippen LogP contribution in [0.4, 0.5) is 0 Å². The molecule has 1 atom stereocenters. The third-order valence-corrected chi connectivity index (χ3v) is 1.50. The molecule has 0 saturated carbocycles. The van der Waals surface area contributed by atoms with Gasteiger partial charge in [0.25, 0.3) is 5.91 Å². The first-order valence-corrected chi connectivity index (χ1v) is 4.63. The number of ether oxygens (including phenoxy) is 2. The van der Waals surface area contributed by atoms with E-state index in [-0.39, 0.29) is 11.5 Å². The van der Waals surface area contributed by atoms with Crippen molar-refractivity contribution in [3.8, 4) is 0 Å².